The van der Waals surface area contributed by atoms with Gasteiger partial charge in [0, 0.05) is 43.3 Å². The number of benzene rings is 2. The summed E-state index contributed by atoms with van der Waals surface area (Å²) in [6, 6.07) is 15.4. The van der Waals surface area contributed by atoms with Crippen LogP contribution in [0.15, 0.2) is 48.5 Å². The minimum atomic E-state index is -1.16. The quantitative estimate of drug-likeness (QED) is 0.549. The molecule has 3 rings (SSSR count). The van der Waals surface area contributed by atoms with Crippen molar-refractivity contribution in [3.05, 3.63) is 59.1 Å². The summed E-state index contributed by atoms with van der Waals surface area (Å²) < 4.78 is 5.18. The summed E-state index contributed by atoms with van der Waals surface area (Å²) in [6.45, 7) is 1.47. The number of likely N-dealkylation sites (tertiary alicyclic amines) is 1. The van der Waals surface area contributed by atoms with E-state index in [0.29, 0.717) is 31.1 Å². The van der Waals surface area contributed by atoms with Gasteiger partial charge in [0.05, 0.1) is 5.60 Å². The van der Waals surface area contributed by atoms with Gasteiger partial charge in [-0.25, -0.2) is 4.79 Å². The predicted octanol–water partition coefficient (Wildman–Crippen LogP) is 5.40. The molecule has 1 amide bonds. The van der Waals surface area contributed by atoms with Gasteiger partial charge < -0.3 is 19.8 Å². The van der Waals surface area contributed by atoms with Crippen molar-refractivity contribution in [3.63, 3.8) is 0 Å². The number of rotatable bonds is 8. The summed E-state index contributed by atoms with van der Waals surface area (Å²) in [5.41, 5.74) is 1.42. The molecule has 1 aliphatic rings. The van der Waals surface area contributed by atoms with Crippen LogP contribution < -0.4 is 0 Å². The molecule has 1 saturated heterocycles. The van der Waals surface area contributed by atoms with Crippen LogP contribution >= 0.6 is 11.6 Å². The Morgan fingerprint density at radius 2 is 1.87 bits per heavy atom. The van der Waals surface area contributed by atoms with Crippen LogP contribution in [0.5, 0.6) is 0 Å². The van der Waals surface area contributed by atoms with Crippen molar-refractivity contribution in [1.82, 2.24) is 4.90 Å². The Hall–Kier alpha value is -2.08. The van der Waals surface area contributed by atoms with Gasteiger partial charge in [0.1, 0.15) is 0 Å². The normalized spacial score (nSPS) is 18.8. The maximum absolute atomic E-state index is 12.1. The van der Waals surface area contributed by atoms with Crippen LogP contribution in [0.2, 0.25) is 5.02 Å². The molecule has 0 aliphatic carbocycles. The highest BCUT2D eigenvalue weighted by molar-refractivity contribution is 6.33. The summed E-state index contributed by atoms with van der Waals surface area (Å²) in [5, 5.41) is 22.3. The smallest absolute Gasteiger partial charge is 0.407 e. The Kier molecular flexibility index (Phi) is 7.75. The predicted molar refractivity (Wildman–Crippen MR) is 119 cm³/mol. The van der Waals surface area contributed by atoms with E-state index < -0.39 is 11.7 Å². The third-order valence-electron chi connectivity index (χ3n) is 6.08. The first-order valence-electron chi connectivity index (χ1n) is 10.5. The van der Waals surface area contributed by atoms with Crippen molar-refractivity contribution >= 4 is 17.7 Å². The number of ether oxygens (including phenoxy) is 1. The Balaban J connectivity index is 2.03. The molecule has 2 aromatic carbocycles. The van der Waals surface area contributed by atoms with E-state index in [-0.39, 0.29) is 5.92 Å². The lowest BCUT2D eigenvalue weighted by atomic mass is 9.72. The minimum Gasteiger partial charge on any atom is -0.465 e. The lowest BCUT2D eigenvalue weighted by molar-refractivity contribution is -0.0580. The molecule has 1 aliphatic heterocycles. The molecule has 2 atom stereocenters. The fraction of sp³-hybridized carbons (Fsp3) is 0.458. The second-order valence-corrected chi connectivity index (χ2v) is 8.37. The lowest BCUT2D eigenvalue weighted by Gasteiger charge is -2.43. The Morgan fingerprint density at radius 1 is 1.17 bits per heavy atom. The molecule has 5 nitrogen and oxygen atoms in total. The van der Waals surface area contributed by atoms with Crippen LogP contribution in [-0.2, 0) is 10.3 Å². The van der Waals surface area contributed by atoms with E-state index in [4.69, 9.17) is 16.3 Å². The first kappa shape index (κ1) is 22.6. The van der Waals surface area contributed by atoms with Crippen molar-refractivity contribution in [2.45, 2.75) is 37.7 Å². The van der Waals surface area contributed by atoms with Gasteiger partial charge in [0.15, 0.2) is 0 Å². The number of hydrogen-bond acceptors (Lipinski definition) is 3. The molecule has 2 N–H and O–H groups in total. The third kappa shape index (κ3) is 4.97. The molecule has 0 radical (unpaired) electrons. The SMILES string of the molecule is COCCCCC(O)(c1ccccc1-c1ccccc1Cl)C1CCCN(C(=O)O)C1. The zero-order valence-electron chi connectivity index (χ0n) is 17.4. The van der Waals surface area contributed by atoms with E-state index in [2.05, 4.69) is 0 Å². The molecule has 6 heteroatoms. The van der Waals surface area contributed by atoms with Gasteiger partial charge in [-0.1, -0.05) is 54.1 Å². The molecular formula is C24H30ClNO4. The summed E-state index contributed by atoms with van der Waals surface area (Å²) in [6.07, 6.45) is 2.75. The van der Waals surface area contributed by atoms with Crippen LogP contribution in [0, 0.1) is 5.92 Å². The molecular weight excluding hydrogens is 402 g/mol. The zero-order valence-corrected chi connectivity index (χ0v) is 18.1. The first-order chi connectivity index (χ1) is 14.5. The summed E-state index contributed by atoms with van der Waals surface area (Å²) in [5.74, 6) is -0.187. The summed E-state index contributed by atoms with van der Waals surface area (Å²) >= 11 is 6.49. The van der Waals surface area contributed by atoms with E-state index in [9.17, 15) is 15.0 Å². The number of hydrogen-bond donors (Lipinski definition) is 2. The lowest BCUT2D eigenvalue weighted by Crippen LogP contribution is -2.48. The maximum atomic E-state index is 12.1. The van der Waals surface area contributed by atoms with Gasteiger partial charge in [-0.3, -0.25) is 0 Å². The highest BCUT2D eigenvalue weighted by atomic mass is 35.5. The topological polar surface area (TPSA) is 70.0 Å². The van der Waals surface area contributed by atoms with Crippen molar-refractivity contribution < 1.29 is 19.7 Å². The highest BCUT2D eigenvalue weighted by Crippen LogP contribution is 2.44. The Bertz CT molecular complexity index is 859. The second kappa shape index (κ2) is 10.3. The molecule has 2 unspecified atom stereocenters. The average molecular weight is 432 g/mol. The number of unbranched alkanes of at least 4 members (excludes halogenated alkanes) is 1. The van der Waals surface area contributed by atoms with Crippen LogP contribution in [-0.4, -0.2) is 48.0 Å². The number of piperidine rings is 1. The van der Waals surface area contributed by atoms with Crippen LogP contribution in [0.25, 0.3) is 11.1 Å². The number of nitrogens with zero attached hydrogens (tertiary/aromatic N) is 1. The van der Waals surface area contributed by atoms with E-state index in [1.807, 2.05) is 48.5 Å². The molecule has 30 heavy (non-hydrogen) atoms. The average Bonchev–Trinajstić information content (AvgIpc) is 2.77. The number of aliphatic hydroxyl groups is 1. The molecule has 1 fully saturated rings. The molecule has 0 saturated carbocycles. The first-order valence-corrected chi connectivity index (χ1v) is 10.9. The second-order valence-electron chi connectivity index (χ2n) is 7.97. The van der Waals surface area contributed by atoms with Crippen molar-refractivity contribution in [2.24, 2.45) is 5.92 Å². The molecule has 162 valence electrons. The standard InChI is InChI=1S/C24H30ClNO4/c1-30-16-7-6-14-24(29,18-9-8-15-26(17-18)23(27)28)21-12-4-2-10-19(21)20-11-3-5-13-22(20)25/h2-5,10-13,18,29H,6-9,14-17H2,1H3,(H,27,28). The zero-order chi connectivity index (χ0) is 21.6. The Morgan fingerprint density at radius 3 is 2.57 bits per heavy atom. The number of methoxy groups -OCH3 is 1. The number of halogens is 1. The van der Waals surface area contributed by atoms with Gasteiger partial charge in [-0.05, 0) is 49.3 Å². The minimum absolute atomic E-state index is 0.187. The monoisotopic (exact) mass is 431 g/mol. The molecule has 0 aromatic heterocycles. The number of carboxylic acid groups (broad SMARTS) is 1. The van der Waals surface area contributed by atoms with Crippen LogP contribution in [0.4, 0.5) is 4.79 Å². The van der Waals surface area contributed by atoms with E-state index >= 15 is 0 Å². The fourth-order valence-corrected chi connectivity index (χ4v) is 4.75. The van der Waals surface area contributed by atoms with Crippen molar-refractivity contribution in [1.29, 1.82) is 0 Å². The number of amides is 1. The van der Waals surface area contributed by atoms with Crippen LogP contribution in [0.3, 0.4) is 0 Å². The van der Waals surface area contributed by atoms with Crippen molar-refractivity contribution in [3.8, 4) is 11.1 Å². The van der Waals surface area contributed by atoms with Gasteiger partial charge in [-0.15, -0.1) is 0 Å². The third-order valence-corrected chi connectivity index (χ3v) is 6.41. The summed E-state index contributed by atoms with van der Waals surface area (Å²) in [4.78, 5) is 13.0. The van der Waals surface area contributed by atoms with Crippen molar-refractivity contribution in [2.75, 3.05) is 26.8 Å². The molecule has 0 spiro atoms. The van der Waals surface area contributed by atoms with Gasteiger partial charge in [0.25, 0.3) is 0 Å². The van der Waals surface area contributed by atoms with E-state index in [1.54, 1.807) is 7.11 Å². The maximum Gasteiger partial charge on any atom is 0.407 e. The Labute approximate surface area is 183 Å². The molecule has 1 heterocycles. The largest absolute Gasteiger partial charge is 0.465 e. The van der Waals surface area contributed by atoms with E-state index in [1.165, 1.54) is 4.90 Å². The van der Waals surface area contributed by atoms with Gasteiger partial charge >= 0.3 is 6.09 Å². The highest BCUT2D eigenvalue weighted by Gasteiger charge is 2.42. The van der Waals surface area contributed by atoms with Gasteiger partial charge in [-0.2, -0.15) is 0 Å². The van der Waals surface area contributed by atoms with E-state index in [0.717, 1.165) is 42.4 Å². The molecule has 2 aromatic rings. The van der Waals surface area contributed by atoms with Crippen LogP contribution in [0.1, 0.15) is 37.7 Å². The fourth-order valence-electron chi connectivity index (χ4n) is 4.52. The summed E-state index contributed by atoms with van der Waals surface area (Å²) in [7, 11) is 1.67. The van der Waals surface area contributed by atoms with Gasteiger partial charge in [0.2, 0.25) is 0 Å². The molecule has 0 bridgehead atoms. The number of carbonyl (C=O) groups is 1.